The van der Waals surface area contributed by atoms with Crippen LogP contribution in [0.25, 0.3) is 10.9 Å². The van der Waals surface area contributed by atoms with E-state index in [-0.39, 0.29) is 6.04 Å². The molecule has 1 heterocycles. The van der Waals surface area contributed by atoms with Crippen molar-refractivity contribution < 1.29 is 0 Å². The summed E-state index contributed by atoms with van der Waals surface area (Å²) in [6, 6.07) is 12.9. The van der Waals surface area contributed by atoms with Gasteiger partial charge in [-0.3, -0.25) is 4.98 Å². The normalized spacial score (nSPS) is 24.1. The lowest BCUT2D eigenvalue weighted by Gasteiger charge is -2.32. The summed E-state index contributed by atoms with van der Waals surface area (Å²) in [5, 5.41) is 1.21. The maximum absolute atomic E-state index is 6.50. The van der Waals surface area contributed by atoms with Crippen LogP contribution >= 0.6 is 0 Å². The van der Waals surface area contributed by atoms with Crippen LogP contribution < -0.4 is 5.73 Å². The van der Waals surface area contributed by atoms with E-state index in [0.29, 0.717) is 5.92 Å². The maximum Gasteiger partial charge on any atom is 0.0705 e. The van der Waals surface area contributed by atoms with Crippen LogP contribution in [0.1, 0.15) is 44.7 Å². The van der Waals surface area contributed by atoms with Crippen LogP contribution in [0.2, 0.25) is 0 Å². The largest absolute Gasteiger partial charge is 0.327 e. The van der Waals surface area contributed by atoms with Crippen LogP contribution in [-0.4, -0.2) is 11.0 Å². The number of rotatable bonds is 4. The predicted octanol–water partition coefficient (Wildman–Crippen LogP) is 4.32. The molecule has 1 aromatic heterocycles. The molecule has 2 nitrogen and oxygen atoms in total. The van der Waals surface area contributed by atoms with Gasteiger partial charge in [-0.15, -0.1) is 0 Å². The first kappa shape index (κ1) is 14.5. The summed E-state index contributed by atoms with van der Waals surface area (Å²) >= 11 is 0. The Hall–Kier alpha value is -1.41. The van der Waals surface area contributed by atoms with Gasteiger partial charge in [0.25, 0.3) is 0 Å². The fourth-order valence-electron chi connectivity index (χ4n) is 3.72. The van der Waals surface area contributed by atoms with E-state index >= 15 is 0 Å². The third-order valence-electron chi connectivity index (χ3n) is 5.11. The van der Waals surface area contributed by atoms with E-state index in [4.69, 9.17) is 10.7 Å². The van der Waals surface area contributed by atoms with E-state index in [9.17, 15) is 0 Å². The van der Waals surface area contributed by atoms with Crippen molar-refractivity contribution in [2.45, 2.75) is 51.5 Å². The van der Waals surface area contributed by atoms with Crippen LogP contribution in [0.4, 0.5) is 0 Å². The van der Waals surface area contributed by atoms with Gasteiger partial charge in [0.15, 0.2) is 0 Å². The Balaban J connectivity index is 1.69. The molecule has 1 aliphatic carbocycles. The van der Waals surface area contributed by atoms with Crippen molar-refractivity contribution in [1.82, 2.24) is 4.98 Å². The number of aromatic nitrogens is 1. The third kappa shape index (κ3) is 3.44. The highest BCUT2D eigenvalue weighted by Crippen LogP contribution is 2.33. The number of para-hydroxylation sites is 1. The quantitative estimate of drug-likeness (QED) is 0.907. The Morgan fingerprint density at radius 2 is 2.05 bits per heavy atom. The second-order valence-corrected chi connectivity index (χ2v) is 6.56. The lowest BCUT2D eigenvalue weighted by Crippen LogP contribution is -2.35. The lowest BCUT2D eigenvalue weighted by molar-refractivity contribution is 0.228. The minimum absolute atomic E-state index is 0.257. The molecule has 0 saturated heterocycles. The van der Waals surface area contributed by atoms with Crippen molar-refractivity contribution in [1.29, 1.82) is 0 Å². The molecule has 0 spiro atoms. The third-order valence-corrected chi connectivity index (χ3v) is 5.11. The van der Waals surface area contributed by atoms with Crippen LogP contribution in [0.5, 0.6) is 0 Å². The molecule has 112 valence electrons. The minimum atomic E-state index is 0.257. The molecule has 3 rings (SSSR count). The molecular formula is C19H26N2. The molecule has 2 heteroatoms. The molecular weight excluding hydrogens is 256 g/mol. The van der Waals surface area contributed by atoms with E-state index < -0.39 is 0 Å². The molecule has 2 N–H and O–H groups in total. The Bertz CT molecular complexity index is 593. The number of fused-ring (bicyclic) bond motifs is 1. The molecule has 0 bridgehead atoms. The van der Waals surface area contributed by atoms with Gasteiger partial charge in [0.1, 0.15) is 0 Å². The number of nitrogens with zero attached hydrogens (tertiary/aromatic N) is 1. The zero-order valence-corrected chi connectivity index (χ0v) is 13.0. The van der Waals surface area contributed by atoms with Crippen LogP contribution in [0.3, 0.4) is 0 Å². The molecule has 0 radical (unpaired) electrons. The number of benzene rings is 1. The first-order valence-electron chi connectivity index (χ1n) is 8.36. The number of hydrogen-bond donors (Lipinski definition) is 1. The second kappa shape index (κ2) is 6.57. The zero-order valence-electron chi connectivity index (χ0n) is 13.0. The van der Waals surface area contributed by atoms with E-state index in [1.807, 2.05) is 6.07 Å². The monoisotopic (exact) mass is 282 g/mol. The summed E-state index contributed by atoms with van der Waals surface area (Å²) in [7, 11) is 0. The van der Waals surface area contributed by atoms with E-state index in [2.05, 4.69) is 37.3 Å². The predicted molar refractivity (Wildman–Crippen MR) is 89.2 cm³/mol. The number of pyridine rings is 1. The van der Waals surface area contributed by atoms with Gasteiger partial charge in [0, 0.05) is 23.5 Å². The Kier molecular flexibility index (Phi) is 4.54. The second-order valence-electron chi connectivity index (χ2n) is 6.56. The van der Waals surface area contributed by atoms with Crippen LogP contribution in [-0.2, 0) is 6.42 Å². The van der Waals surface area contributed by atoms with Gasteiger partial charge < -0.3 is 5.73 Å². The molecule has 2 aromatic rings. The zero-order chi connectivity index (χ0) is 14.7. The molecule has 3 unspecified atom stereocenters. The van der Waals surface area contributed by atoms with Crippen molar-refractivity contribution in [2.75, 3.05) is 0 Å². The Labute approximate surface area is 127 Å². The smallest absolute Gasteiger partial charge is 0.0705 e. The van der Waals surface area contributed by atoms with Gasteiger partial charge in [0.2, 0.25) is 0 Å². The number of hydrogen-bond acceptors (Lipinski definition) is 2. The van der Waals surface area contributed by atoms with Crippen molar-refractivity contribution in [3.63, 3.8) is 0 Å². The summed E-state index contributed by atoms with van der Waals surface area (Å²) in [4.78, 5) is 4.77. The molecule has 1 fully saturated rings. The van der Waals surface area contributed by atoms with Gasteiger partial charge in [-0.05, 0) is 36.8 Å². The average molecular weight is 282 g/mol. The summed E-state index contributed by atoms with van der Waals surface area (Å²) < 4.78 is 0. The minimum Gasteiger partial charge on any atom is -0.327 e. The molecule has 1 aliphatic rings. The fourth-order valence-corrected chi connectivity index (χ4v) is 3.72. The van der Waals surface area contributed by atoms with Crippen molar-refractivity contribution in [3.05, 3.63) is 42.1 Å². The van der Waals surface area contributed by atoms with Gasteiger partial charge in [0.05, 0.1) is 5.52 Å². The first-order chi connectivity index (χ1) is 10.3. The molecule has 21 heavy (non-hydrogen) atoms. The lowest BCUT2D eigenvalue weighted by atomic mass is 9.76. The molecule has 0 aliphatic heterocycles. The van der Waals surface area contributed by atoms with Crippen LogP contribution in [0, 0.1) is 11.8 Å². The van der Waals surface area contributed by atoms with Crippen LogP contribution in [0.15, 0.2) is 36.4 Å². The highest BCUT2D eigenvalue weighted by Gasteiger charge is 2.25. The maximum atomic E-state index is 6.50. The highest BCUT2D eigenvalue weighted by molar-refractivity contribution is 5.78. The Morgan fingerprint density at radius 1 is 1.19 bits per heavy atom. The van der Waals surface area contributed by atoms with Crippen molar-refractivity contribution in [2.24, 2.45) is 17.6 Å². The molecule has 0 amide bonds. The van der Waals surface area contributed by atoms with Gasteiger partial charge in [-0.2, -0.15) is 0 Å². The summed E-state index contributed by atoms with van der Waals surface area (Å²) in [5.41, 5.74) is 8.72. The topological polar surface area (TPSA) is 38.9 Å². The van der Waals surface area contributed by atoms with Gasteiger partial charge >= 0.3 is 0 Å². The Morgan fingerprint density at radius 3 is 2.90 bits per heavy atom. The van der Waals surface area contributed by atoms with E-state index in [1.54, 1.807) is 0 Å². The van der Waals surface area contributed by atoms with E-state index in [1.165, 1.54) is 37.5 Å². The summed E-state index contributed by atoms with van der Waals surface area (Å²) in [6.45, 7) is 2.31. The first-order valence-corrected chi connectivity index (χ1v) is 8.36. The van der Waals surface area contributed by atoms with Gasteiger partial charge in [-0.25, -0.2) is 0 Å². The number of nitrogens with two attached hydrogens (primary N) is 1. The van der Waals surface area contributed by atoms with E-state index in [0.717, 1.165) is 23.5 Å². The fraction of sp³-hybridized carbons (Fsp3) is 0.526. The summed E-state index contributed by atoms with van der Waals surface area (Å²) in [6.07, 6.45) is 7.57. The van der Waals surface area contributed by atoms with Crippen molar-refractivity contribution in [3.8, 4) is 0 Å². The standard InChI is InChI=1S/C19H26N2/c1-2-14-6-5-8-16(12-14)18(20)13-17-11-10-15-7-3-4-9-19(15)21-17/h3-4,7,9-11,14,16,18H,2,5-6,8,12-13,20H2,1H3. The highest BCUT2D eigenvalue weighted by atomic mass is 14.7. The molecule has 1 saturated carbocycles. The van der Waals surface area contributed by atoms with Crippen molar-refractivity contribution >= 4 is 10.9 Å². The molecule has 1 aromatic carbocycles. The average Bonchev–Trinajstić information content (AvgIpc) is 2.54. The SMILES string of the molecule is CCC1CCCC(C(N)Cc2ccc3ccccc3n2)C1. The van der Waals surface area contributed by atoms with Gasteiger partial charge in [-0.1, -0.05) is 50.5 Å². The molecule has 3 atom stereocenters. The summed E-state index contributed by atoms with van der Waals surface area (Å²) in [5.74, 6) is 1.57.